The molecule has 2 heterocycles. The molecule has 7 nitrogen and oxygen atoms in total. The van der Waals surface area contributed by atoms with E-state index in [4.69, 9.17) is 0 Å². The van der Waals surface area contributed by atoms with Crippen LogP contribution in [-0.2, 0) is 9.59 Å². The van der Waals surface area contributed by atoms with Crippen molar-refractivity contribution in [3.8, 4) is 0 Å². The summed E-state index contributed by atoms with van der Waals surface area (Å²) in [7, 11) is 1.70. The van der Waals surface area contributed by atoms with Crippen LogP contribution < -0.4 is 10.6 Å². The third-order valence-electron chi connectivity index (χ3n) is 4.04. The minimum absolute atomic E-state index is 0.0656. The van der Waals surface area contributed by atoms with Crippen molar-refractivity contribution in [1.29, 1.82) is 0 Å². The van der Waals surface area contributed by atoms with E-state index in [9.17, 15) is 14.4 Å². The summed E-state index contributed by atoms with van der Waals surface area (Å²) in [5.41, 5.74) is 1.02. The monoisotopic (exact) mass is 302 g/mol. The fourth-order valence-electron chi connectivity index (χ4n) is 2.89. The summed E-state index contributed by atoms with van der Waals surface area (Å²) in [5.74, 6) is -0.482. The molecule has 0 bridgehead atoms. The van der Waals surface area contributed by atoms with Crippen molar-refractivity contribution >= 4 is 23.4 Å². The molecule has 2 aliphatic heterocycles. The maximum atomic E-state index is 12.6. The van der Waals surface area contributed by atoms with Gasteiger partial charge in [0.15, 0.2) is 0 Å². The second kappa shape index (κ2) is 5.76. The smallest absolute Gasteiger partial charge is 0.256 e. The molecular formula is C15H18N4O3. The van der Waals surface area contributed by atoms with Crippen LogP contribution >= 0.6 is 0 Å². The third-order valence-corrected chi connectivity index (χ3v) is 4.04. The van der Waals surface area contributed by atoms with Gasteiger partial charge in [0.05, 0.1) is 24.3 Å². The van der Waals surface area contributed by atoms with Crippen LogP contribution in [0, 0.1) is 0 Å². The van der Waals surface area contributed by atoms with Crippen LogP contribution in [-0.4, -0.2) is 66.8 Å². The number of nitrogens with zero attached hydrogens (tertiary/aromatic N) is 2. The summed E-state index contributed by atoms with van der Waals surface area (Å²) in [6.07, 6.45) is 0. The molecule has 2 N–H and O–H groups in total. The van der Waals surface area contributed by atoms with E-state index >= 15 is 0 Å². The van der Waals surface area contributed by atoms with E-state index in [2.05, 4.69) is 10.6 Å². The number of carbonyl (C=O) groups excluding carboxylic acids is 3. The van der Waals surface area contributed by atoms with Crippen LogP contribution in [0.4, 0.5) is 5.69 Å². The average molecular weight is 302 g/mol. The molecule has 1 aromatic rings. The Morgan fingerprint density at radius 1 is 1.32 bits per heavy atom. The molecule has 0 aliphatic carbocycles. The van der Waals surface area contributed by atoms with E-state index in [1.54, 1.807) is 41.1 Å². The Bertz CT molecular complexity index is 631. The number of para-hydroxylation sites is 1. The first-order valence-corrected chi connectivity index (χ1v) is 7.25. The molecule has 116 valence electrons. The van der Waals surface area contributed by atoms with E-state index in [1.807, 2.05) is 0 Å². The number of fused-ring (bicyclic) bond motifs is 2. The number of carbonyl (C=O) groups is 3. The van der Waals surface area contributed by atoms with Gasteiger partial charge >= 0.3 is 0 Å². The predicted molar refractivity (Wildman–Crippen MR) is 80.4 cm³/mol. The summed E-state index contributed by atoms with van der Waals surface area (Å²) in [5, 5.41) is 5.60. The Morgan fingerprint density at radius 2 is 2.09 bits per heavy atom. The molecule has 3 rings (SSSR count). The second-order valence-electron chi connectivity index (χ2n) is 5.42. The van der Waals surface area contributed by atoms with Gasteiger partial charge in [0.2, 0.25) is 11.8 Å². The van der Waals surface area contributed by atoms with E-state index in [0.29, 0.717) is 24.3 Å². The highest BCUT2D eigenvalue weighted by molar-refractivity contribution is 6.10. The molecule has 1 aromatic carbocycles. The van der Waals surface area contributed by atoms with Crippen molar-refractivity contribution in [3.05, 3.63) is 29.8 Å². The zero-order chi connectivity index (χ0) is 15.7. The Labute approximate surface area is 128 Å². The number of piperazine rings is 1. The summed E-state index contributed by atoms with van der Waals surface area (Å²) in [4.78, 5) is 40.2. The molecule has 0 aromatic heterocycles. The largest absolute Gasteiger partial charge is 0.337 e. The van der Waals surface area contributed by atoms with Crippen molar-refractivity contribution in [3.63, 3.8) is 0 Å². The zero-order valence-corrected chi connectivity index (χ0v) is 12.3. The first-order chi connectivity index (χ1) is 10.6. The molecule has 7 heteroatoms. The fourth-order valence-corrected chi connectivity index (χ4v) is 2.89. The normalized spacial score (nSPS) is 20.9. The third kappa shape index (κ3) is 2.43. The van der Waals surface area contributed by atoms with Gasteiger partial charge in [-0.1, -0.05) is 12.1 Å². The van der Waals surface area contributed by atoms with E-state index in [-0.39, 0.29) is 30.8 Å². The first kappa shape index (κ1) is 14.5. The van der Waals surface area contributed by atoms with Crippen molar-refractivity contribution in [2.24, 2.45) is 0 Å². The van der Waals surface area contributed by atoms with E-state index < -0.39 is 6.04 Å². The Hall–Kier alpha value is -2.41. The van der Waals surface area contributed by atoms with Crippen LogP contribution in [0.25, 0.3) is 0 Å². The highest BCUT2D eigenvalue weighted by Gasteiger charge is 2.39. The zero-order valence-electron chi connectivity index (χ0n) is 12.3. The van der Waals surface area contributed by atoms with Gasteiger partial charge in [-0.25, -0.2) is 0 Å². The number of nitrogens with one attached hydrogen (secondary N) is 2. The Morgan fingerprint density at radius 3 is 2.86 bits per heavy atom. The highest BCUT2D eigenvalue weighted by atomic mass is 16.2. The van der Waals surface area contributed by atoms with Crippen molar-refractivity contribution < 1.29 is 14.4 Å². The summed E-state index contributed by atoms with van der Waals surface area (Å²) in [6.45, 7) is 1.26. The van der Waals surface area contributed by atoms with Crippen LogP contribution in [0.5, 0.6) is 0 Å². The molecule has 0 saturated carbocycles. The Kier molecular flexibility index (Phi) is 3.81. The standard InChI is InChI=1S/C15H18N4O3/c1-16-8-13(20)18-6-7-19-12(9-18)14(21)17-11-5-3-2-4-10(11)15(19)22/h2-5,12,16H,6-9H2,1H3,(H,17,21). The van der Waals surface area contributed by atoms with Gasteiger partial charge < -0.3 is 20.4 Å². The van der Waals surface area contributed by atoms with E-state index in [1.165, 1.54) is 0 Å². The average Bonchev–Trinajstić information content (AvgIpc) is 2.63. The number of hydrogen-bond acceptors (Lipinski definition) is 4. The second-order valence-corrected chi connectivity index (χ2v) is 5.42. The van der Waals surface area contributed by atoms with Gasteiger partial charge in [-0.05, 0) is 19.2 Å². The van der Waals surface area contributed by atoms with Crippen LogP contribution in [0.2, 0.25) is 0 Å². The lowest BCUT2D eigenvalue weighted by Gasteiger charge is -2.39. The lowest BCUT2D eigenvalue weighted by Crippen LogP contribution is -2.60. The topological polar surface area (TPSA) is 81.8 Å². The first-order valence-electron chi connectivity index (χ1n) is 7.25. The lowest BCUT2D eigenvalue weighted by molar-refractivity contribution is -0.134. The van der Waals surface area contributed by atoms with Gasteiger partial charge in [0.25, 0.3) is 5.91 Å². The molecule has 1 atom stereocenters. The maximum Gasteiger partial charge on any atom is 0.256 e. The summed E-state index contributed by atoms with van der Waals surface area (Å²) in [6, 6.07) is 6.33. The quantitative estimate of drug-likeness (QED) is 0.772. The van der Waals surface area contributed by atoms with Crippen LogP contribution in [0.3, 0.4) is 0 Å². The molecule has 1 fully saturated rings. The molecule has 2 aliphatic rings. The van der Waals surface area contributed by atoms with Gasteiger partial charge in [-0.3, -0.25) is 14.4 Å². The van der Waals surface area contributed by atoms with Crippen LogP contribution in [0.15, 0.2) is 24.3 Å². The fraction of sp³-hybridized carbons (Fsp3) is 0.400. The summed E-state index contributed by atoms with van der Waals surface area (Å²) < 4.78 is 0. The van der Waals surface area contributed by atoms with Crippen molar-refractivity contribution in [2.45, 2.75) is 6.04 Å². The highest BCUT2D eigenvalue weighted by Crippen LogP contribution is 2.25. The van der Waals surface area contributed by atoms with Gasteiger partial charge in [0.1, 0.15) is 6.04 Å². The van der Waals surface area contributed by atoms with Crippen LogP contribution in [0.1, 0.15) is 10.4 Å². The number of hydrogen-bond donors (Lipinski definition) is 2. The minimum Gasteiger partial charge on any atom is -0.337 e. The number of anilines is 1. The molecule has 22 heavy (non-hydrogen) atoms. The molecule has 0 spiro atoms. The number of amides is 3. The van der Waals surface area contributed by atoms with E-state index in [0.717, 1.165) is 0 Å². The lowest BCUT2D eigenvalue weighted by atomic mass is 10.1. The molecule has 3 amide bonds. The SMILES string of the molecule is CNCC(=O)N1CCN2C(=O)c3ccccc3NC(=O)C2C1. The number of benzene rings is 1. The minimum atomic E-state index is -0.644. The molecule has 1 saturated heterocycles. The predicted octanol–water partition coefficient (Wildman–Crippen LogP) is -0.489. The number of rotatable bonds is 2. The number of likely N-dealkylation sites (N-methyl/N-ethyl adjacent to an activating group) is 1. The van der Waals surface area contributed by atoms with Gasteiger partial charge in [0, 0.05) is 13.1 Å². The van der Waals surface area contributed by atoms with Gasteiger partial charge in [-0.15, -0.1) is 0 Å². The Balaban J connectivity index is 1.86. The van der Waals surface area contributed by atoms with Crippen molar-refractivity contribution in [1.82, 2.24) is 15.1 Å². The summed E-state index contributed by atoms with van der Waals surface area (Å²) >= 11 is 0. The molecular weight excluding hydrogens is 284 g/mol. The maximum absolute atomic E-state index is 12.6. The molecule has 1 unspecified atom stereocenters. The van der Waals surface area contributed by atoms with Crippen molar-refractivity contribution in [2.75, 3.05) is 38.5 Å². The van der Waals surface area contributed by atoms with Gasteiger partial charge in [-0.2, -0.15) is 0 Å². The molecule has 0 radical (unpaired) electrons.